The number of aliphatic hydroxyl groups excluding tert-OH is 1. The van der Waals surface area contributed by atoms with Crippen LogP contribution in [0.25, 0.3) is 0 Å². The van der Waals surface area contributed by atoms with Gasteiger partial charge < -0.3 is 14.6 Å². The van der Waals surface area contributed by atoms with E-state index in [1.165, 1.54) is 17.2 Å². The van der Waals surface area contributed by atoms with E-state index in [1.54, 1.807) is 0 Å². The standard InChI is InChI=1S/C14H21NO5/c1-3-7-19-13-12(18)10(4-2)20-14(13)15-6-5-9(16)8-11(15)17/h5-6,10,12-14,18H,3-4,7-8H2,1-2H3/t10-,12-,13-,14-/m1/s1. The van der Waals surface area contributed by atoms with Crippen LogP contribution in [0.2, 0.25) is 0 Å². The van der Waals surface area contributed by atoms with E-state index in [-0.39, 0.29) is 24.2 Å². The molecule has 0 aromatic rings. The molecule has 2 aliphatic rings. The number of carbonyl (C=O) groups is 2. The molecule has 0 aromatic heterocycles. The maximum atomic E-state index is 11.9. The van der Waals surface area contributed by atoms with Crippen molar-refractivity contribution in [1.29, 1.82) is 0 Å². The minimum atomic E-state index is -0.768. The summed E-state index contributed by atoms with van der Waals surface area (Å²) in [5.41, 5.74) is 0. The molecule has 0 saturated carbocycles. The van der Waals surface area contributed by atoms with Gasteiger partial charge in [0, 0.05) is 12.8 Å². The van der Waals surface area contributed by atoms with Gasteiger partial charge in [-0.05, 0) is 18.9 Å². The fraction of sp³-hybridized carbons (Fsp3) is 0.714. The van der Waals surface area contributed by atoms with Crippen molar-refractivity contribution in [2.75, 3.05) is 6.61 Å². The van der Waals surface area contributed by atoms with Crippen LogP contribution in [0, 0.1) is 0 Å². The van der Waals surface area contributed by atoms with Crippen molar-refractivity contribution in [3.8, 4) is 0 Å². The molecule has 20 heavy (non-hydrogen) atoms. The van der Waals surface area contributed by atoms with E-state index >= 15 is 0 Å². The average Bonchev–Trinajstić information content (AvgIpc) is 2.73. The normalized spacial score (nSPS) is 34.0. The van der Waals surface area contributed by atoms with Crippen molar-refractivity contribution < 1.29 is 24.2 Å². The van der Waals surface area contributed by atoms with Gasteiger partial charge in [0.2, 0.25) is 5.91 Å². The van der Waals surface area contributed by atoms with Gasteiger partial charge in [0.25, 0.3) is 0 Å². The monoisotopic (exact) mass is 283 g/mol. The molecule has 0 spiro atoms. The molecule has 2 rings (SSSR count). The molecule has 6 heteroatoms. The average molecular weight is 283 g/mol. The number of ketones is 1. The second-order valence-corrected chi connectivity index (χ2v) is 5.06. The van der Waals surface area contributed by atoms with E-state index in [0.717, 1.165) is 6.42 Å². The Labute approximate surface area is 118 Å². The maximum absolute atomic E-state index is 11.9. The van der Waals surface area contributed by atoms with E-state index in [9.17, 15) is 14.7 Å². The van der Waals surface area contributed by atoms with Crippen LogP contribution in [0.4, 0.5) is 0 Å². The number of amides is 1. The van der Waals surface area contributed by atoms with Gasteiger partial charge in [-0.15, -0.1) is 0 Å². The molecule has 1 N–H and O–H groups in total. The summed E-state index contributed by atoms with van der Waals surface area (Å²) < 4.78 is 11.4. The van der Waals surface area contributed by atoms with Crippen LogP contribution < -0.4 is 0 Å². The number of hydrogen-bond acceptors (Lipinski definition) is 5. The highest BCUT2D eigenvalue weighted by molar-refractivity contribution is 6.06. The highest BCUT2D eigenvalue weighted by Crippen LogP contribution is 2.30. The zero-order valence-electron chi connectivity index (χ0n) is 11.8. The molecular formula is C14H21NO5. The Morgan fingerprint density at radius 2 is 2.20 bits per heavy atom. The van der Waals surface area contributed by atoms with Crippen molar-refractivity contribution in [3.05, 3.63) is 12.3 Å². The topological polar surface area (TPSA) is 76.1 Å². The van der Waals surface area contributed by atoms with Gasteiger partial charge in [-0.25, -0.2) is 0 Å². The molecule has 1 saturated heterocycles. The molecule has 4 atom stereocenters. The zero-order chi connectivity index (χ0) is 14.7. The number of rotatable bonds is 5. The molecule has 112 valence electrons. The van der Waals surface area contributed by atoms with Gasteiger partial charge in [0.15, 0.2) is 12.0 Å². The van der Waals surface area contributed by atoms with Gasteiger partial charge in [-0.1, -0.05) is 13.8 Å². The minimum Gasteiger partial charge on any atom is -0.388 e. The van der Waals surface area contributed by atoms with Gasteiger partial charge in [-0.2, -0.15) is 0 Å². The molecule has 1 fully saturated rings. The summed E-state index contributed by atoms with van der Waals surface area (Å²) in [6, 6.07) is 0. The third kappa shape index (κ3) is 2.92. The third-order valence-corrected chi connectivity index (χ3v) is 3.54. The van der Waals surface area contributed by atoms with Crippen LogP contribution in [0.5, 0.6) is 0 Å². The summed E-state index contributed by atoms with van der Waals surface area (Å²) in [6.45, 7) is 4.37. The molecular weight excluding hydrogens is 262 g/mol. The first-order valence-electron chi connectivity index (χ1n) is 7.05. The zero-order valence-corrected chi connectivity index (χ0v) is 11.8. The van der Waals surface area contributed by atoms with E-state index in [0.29, 0.717) is 13.0 Å². The predicted molar refractivity (Wildman–Crippen MR) is 70.6 cm³/mol. The Balaban J connectivity index is 2.16. The van der Waals surface area contributed by atoms with Crippen LogP contribution in [0.3, 0.4) is 0 Å². The number of allylic oxidation sites excluding steroid dienone is 1. The highest BCUT2D eigenvalue weighted by Gasteiger charge is 2.47. The molecule has 0 aliphatic carbocycles. The van der Waals surface area contributed by atoms with Crippen molar-refractivity contribution >= 4 is 11.7 Å². The molecule has 0 unspecified atom stereocenters. The summed E-state index contributed by atoms with van der Waals surface area (Å²) in [5, 5.41) is 10.2. The van der Waals surface area contributed by atoms with Crippen molar-refractivity contribution in [2.45, 2.75) is 57.6 Å². The van der Waals surface area contributed by atoms with Crippen molar-refractivity contribution in [3.63, 3.8) is 0 Å². The predicted octanol–water partition coefficient (Wildman–Crippen LogP) is 0.592. The van der Waals surface area contributed by atoms with E-state index in [2.05, 4.69) is 0 Å². The highest BCUT2D eigenvalue weighted by atomic mass is 16.6. The second-order valence-electron chi connectivity index (χ2n) is 5.06. The maximum Gasteiger partial charge on any atom is 0.236 e. The smallest absolute Gasteiger partial charge is 0.236 e. The lowest BCUT2D eigenvalue weighted by Crippen LogP contribution is -2.47. The van der Waals surface area contributed by atoms with Gasteiger partial charge >= 0.3 is 0 Å². The minimum absolute atomic E-state index is 0.163. The summed E-state index contributed by atoms with van der Waals surface area (Å²) in [6.07, 6.45) is 1.68. The molecule has 0 radical (unpaired) electrons. The van der Waals surface area contributed by atoms with Crippen LogP contribution >= 0.6 is 0 Å². The van der Waals surface area contributed by atoms with Gasteiger partial charge in [0.1, 0.15) is 12.2 Å². The lowest BCUT2D eigenvalue weighted by atomic mass is 10.1. The van der Waals surface area contributed by atoms with E-state index in [4.69, 9.17) is 9.47 Å². The first-order valence-corrected chi connectivity index (χ1v) is 7.05. The Kier molecular flexibility index (Phi) is 4.91. The molecule has 0 aromatic carbocycles. The lowest BCUT2D eigenvalue weighted by Gasteiger charge is -2.31. The SMILES string of the molecule is CCCO[C@@H]1[C@H](O)[C@@H](CC)O[C@H]1N1C=CC(=O)CC1=O. The number of ether oxygens (including phenoxy) is 2. The molecule has 1 amide bonds. The summed E-state index contributed by atoms with van der Waals surface area (Å²) >= 11 is 0. The van der Waals surface area contributed by atoms with Gasteiger partial charge in [-0.3, -0.25) is 14.5 Å². The largest absolute Gasteiger partial charge is 0.388 e. The molecule has 6 nitrogen and oxygen atoms in total. The lowest BCUT2D eigenvalue weighted by molar-refractivity contribution is -0.150. The second kappa shape index (κ2) is 6.47. The van der Waals surface area contributed by atoms with E-state index in [1.807, 2.05) is 13.8 Å². The van der Waals surface area contributed by atoms with E-state index < -0.39 is 18.4 Å². The Morgan fingerprint density at radius 3 is 2.80 bits per heavy atom. The first kappa shape index (κ1) is 15.2. The Morgan fingerprint density at radius 1 is 1.45 bits per heavy atom. The Hall–Kier alpha value is -1.24. The Bertz CT molecular complexity index is 408. The molecule has 2 aliphatic heterocycles. The fourth-order valence-corrected chi connectivity index (χ4v) is 2.49. The fourth-order valence-electron chi connectivity index (χ4n) is 2.49. The van der Waals surface area contributed by atoms with Crippen LogP contribution in [-0.4, -0.2) is 52.8 Å². The third-order valence-electron chi connectivity index (χ3n) is 3.54. The first-order chi connectivity index (χ1) is 9.58. The van der Waals surface area contributed by atoms with Crippen LogP contribution in [0.15, 0.2) is 12.3 Å². The number of hydrogen-bond donors (Lipinski definition) is 1. The molecule has 0 bridgehead atoms. The molecule has 2 heterocycles. The quantitative estimate of drug-likeness (QED) is 0.747. The summed E-state index contributed by atoms with van der Waals surface area (Å²) in [4.78, 5) is 24.5. The van der Waals surface area contributed by atoms with Crippen LogP contribution in [-0.2, 0) is 19.1 Å². The van der Waals surface area contributed by atoms with Gasteiger partial charge in [0.05, 0.1) is 12.5 Å². The summed E-state index contributed by atoms with van der Waals surface area (Å²) in [7, 11) is 0. The number of nitrogens with zero attached hydrogens (tertiary/aromatic N) is 1. The van der Waals surface area contributed by atoms with Crippen LogP contribution in [0.1, 0.15) is 33.1 Å². The van der Waals surface area contributed by atoms with Crippen molar-refractivity contribution in [2.24, 2.45) is 0 Å². The summed E-state index contributed by atoms with van der Waals surface area (Å²) in [5.74, 6) is -0.542. The number of carbonyl (C=O) groups excluding carboxylic acids is 2. The van der Waals surface area contributed by atoms with Crippen molar-refractivity contribution in [1.82, 2.24) is 4.90 Å². The number of aliphatic hydroxyl groups is 1.